The fraction of sp³-hybridized carbons (Fsp3) is 0.143. The van der Waals surface area contributed by atoms with E-state index in [2.05, 4.69) is 31.2 Å². The molecule has 0 saturated carbocycles. The molecule has 4 aromatic rings. The second-order valence-corrected chi connectivity index (χ2v) is 7.50. The lowest BCUT2D eigenvalue weighted by Crippen LogP contribution is -2.05. The van der Waals surface area contributed by atoms with Crippen LogP contribution in [0.15, 0.2) is 78.9 Å². The predicted molar refractivity (Wildman–Crippen MR) is 128 cm³/mol. The topological polar surface area (TPSA) is 39.2 Å². The van der Waals surface area contributed by atoms with E-state index in [0.717, 1.165) is 39.0 Å². The van der Waals surface area contributed by atoms with Crippen molar-refractivity contribution in [1.82, 2.24) is 4.98 Å². The SMILES string of the molecule is CCOc1ccccc1/C=C\C(=O)c1c(C)nc2ccccc2c1-c1ccc(C)cc1. The number of nitrogens with zero attached hydrogens (tertiary/aromatic N) is 1. The van der Waals surface area contributed by atoms with Gasteiger partial charge in [0.2, 0.25) is 0 Å². The Morgan fingerprint density at radius 2 is 1.65 bits per heavy atom. The number of carbonyl (C=O) groups is 1. The van der Waals surface area contributed by atoms with E-state index in [9.17, 15) is 4.79 Å². The molecule has 0 N–H and O–H groups in total. The van der Waals surface area contributed by atoms with Crippen LogP contribution < -0.4 is 4.74 Å². The second-order valence-electron chi connectivity index (χ2n) is 7.50. The molecule has 0 atom stereocenters. The summed E-state index contributed by atoms with van der Waals surface area (Å²) in [5.74, 6) is 0.693. The number of ketones is 1. The summed E-state index contributed by atoms with van der Waals surface area (Å²) in [4.78, 5) is 18.2. The predicted octanol–water partition coefficient (Wildman–Crippen LogP) is 6.81. The van der Waals surface area contributed by atoms with Crippen LogP contribution in [0.3, 0.4) is 0 Å². The lowest BCUT2D eigenvalue weighted by molar-refractivity contribution is 0.104. The van der Waals surface area contributed by atoms with E-state index < -0.39 is 0 Å². The first kappa shape index (κ1) is 20.5. The van der Waals surface area contributed by atoms with Gasteiger partial charge < -0.3 is 4.74 Å². The Hall–Kier alpha value is -3.72. The van der Waals surface area contributed by atoms with E-state index in [4.69, 9.17) is 9.72 Å². The fourth-order valence-electron chi connectivity index (χ4n) is 3.81. The number of carbonyl (C=O) groups excluding carboxylic acids is 1. The Morgan fingerprint density at radius 3 is 2.42 bits per heavy atom. The van der Waals surface area contributed by atoms with Gasteiger partial charge >= 0.3 is 0 Å². The van der Waals surface area contributed by atoms with Crippen LogP contribution in [-0.2, 0) is 0 Å². The van der Waals surface area contributed by atoms with E-state index in [1.54, 1.807) is 6.08 Å². The van der Waals surface area contributed by atoms with Gasteiger partial charge in [0.05, 0.1) is 17.7 Å². The summed E-state index contributed by atoms with van der Waals surface area (Å²) >= 11 is 0. The van der Waals surface area contributed by atoms with Gasteiger partial charge in [0, 0.05) is 22.2 Å². The molecular weight excluding hydrogens is 382 g/mol. The number of fused-ring (bicyclic) bond motifs is 1. The van der Waals surface area contributed by atoms with Crippen molar-refractivity contribution < 1.29 is 9.53 Å². The maximum atomic E-state index is 13.4. The summed E-state index contributed by atoms with van der Waals surface area (Å²) in [7, 11) is 0. The minimum atomic E-state index is -0.0716. The first-order valence-corrected chi connectivity index (χ1v) is 10.5. The molecule has 0 amide bonds. The van der Waals surface area contributed by atoms with Crippen molar-refractivity contribution in [2.75, 3.05) is 6.61 Å². The molecule has 4 rings (SSSR count). The van der Waals surface area contributed by atoms with Gasteiger partial charge in [-0.1, -0.05) is 66.2 Å². The van der Waals surface area contributed by atoms with Crippen molar-refractivity contribution in [1.29, 1.82) is 0 Å². The lowest BCUT2D eigenvalue weighted by Gasteiger charge is -2.14. The number of aryl methyl sites for hydroxylation is 2. The third kappa shape index (κ3) is 4.26. The number of hydrogen-bond donors (Lipinski definition) is 0. The van der Waals surface area contributed by atoms with Crippen molar-refractivity contribution in [3.63, 3.8) is 0 Å². The quantitative estimate of drug-likeness (QED) is 0.260. The molecule has 0 aliphatic rings. The molecule has 1 heterocycles. The van der Waals surface area contributed by atoms with Crippen molar-refractivity contribution in [2.24, 2.45) is 0 Å². The number of para-hydroxylation sites is 2. The Kier molecular flexibility index (Phi) is 5.94. The maximum Gasteiger partial charge on any atom is 0.188 e. The van der Waals surface area contributed by atoms with Gasteiger partial charge in [-0.2, -0.15) is 0 Å². The lowest BCUT2D eigenvalue weighted by atomic mass is 9.91. The zero-order chi connectivity index (χ0) is 21.8. The zero-order valence-electron chi connectivity index (χ0n) is 18.1. The normalized spacial score (nSPS) is 11.2. The molecule has 0 aliphatic heterocycles. The largest absolute Gasteiger partial charge is 0.493 e. The molecule has 0 radical (unpaired) electrons. The molecule has 0 fully saturated rings. The molecule has 0 spiro atoms. The molecule has 3 aromatic carbocycles. The third-order valence-corrected chi connectivity index (χ3v) is 5.29. The highest BCUT2D eigenvalue weighted by molar-refractivity contribution is 6.16. The van der Waals surface area contributed by atoms with Crippen LogP contribution in [0.5, 0.6) is 5.75 Å². The molecule has 0 unspecified atom stereocenters. The highest BCUT2D eigenvalue weighted by atomic mass is 16.5. The van der Waals surface area contributed by atoms with Gasteiger partial charge in [-0.15, -0.1) is 0 Å². The van der Waals surface area contributed by atoms with Crippen molar-refractivity contribution in [3.8, 4) is 16.9 Å². The van der Waals surface area contributed by atoms with Gasteiger partial charge in [0.1, 0.15) is 5.75 Å². The molecule has 1 aromatic heterocycles. The fourth-order valence-corrected chi connectivity index (χ4v) is 3.81. The number of benzene rings is 3. The summed E-state index contributed by atoms with van der Waals surface area (Å²) < 4.78 is 5.69. The van der Waals surface area contributed by atoms with Crippen LogP contribution in [-0.4, -0.2) is 17.4 Å². The molecule has 0 aliphatic carbocycles. The Morgan fingerprint density at radius 1 is 0.935 bits per heavy atom. The van der Waals surface area contributed by atoms with Crippen LogP contribution in [0.4, 0.5) is 0 Å². The van der Waals surface area contributed by atoms with Crippen LogP contribution >= 0.6 is 0 Å². The van der Waals surface area contributed by atoms with Gasteiger partial charge in [-0.25, -0.2) is 0 Å². The summed E-state index contributed by atoms with van der Waals surface area (Å²) in [6, 6.07) is 24.0. The highest BCUT2D eigenvalue weighted by Gasteiger charge is 2.19. The van der Waals surface area contributed by atoms with Crippen molar-refractivity contribution >= 4 is 22.8 Å². The Bertz CT molecular complexity index is 1270. The average Bonchev–Trinajstić information content (AvgIpc) is 2.78. The maximum absolute atomic E-state index is 13.4. The summed E-state index contributed by atoms with van der Waals surface area (Å²) in [6.07, 6.45) is 3.44. The Labute approximate surface area is 183 Å². The molecule has 154 valence electrons. The number of pyridine rings is 1. The van der Waals surface area contributed by atoms with Gasteiger partial charge in [-0.05, 0) is 50.6 Å². The van der Waals surface area contributed by atoms with Gasteiger partial charge in [-0.3, -0.25) is 9.78 Å². The number of ether oxygens (including phenoxy) is 1. The van der Waals surface area contributed by atoms with E-state index in [1.807, 2.05) is 68.5 Å². The number of hydrogen-bond acceptors (Lipinski definition) is 3. The molecule has 3 heteroatoms. The third-order valence-electron chi connectivity index (χ3n) is 5.29. The second kappa shape index (κ2) is 8.97. The smallest absolute Gasteiger partial charge is 0.188 e. The molecule has 31 heavy (non-hydrogen) atoms. The first-order chi connectivity index (χ1) is 15.1. The summed E-state index contributed by atoms with van der Waals surface area (Å²) in [5, 5.41) is 0.975. The summed E-state index contributed by atoms with van der Waals surface area (Å²) in [6.45, 7) is 6.48. The number of aromatic nitrogens is 1. The number of rotatable bonds is 6. The van der Waals surface area contributed by atoms with Crippen LogP contribution in [0.1, 0.15) is 34.1 Å². The molecule has 0 bridgehead atoms. The monoisotopic (exact) mass is 407 g/mol. The molecular formula is C28H25NO2. The minimum Gasteiger partial charge on any atom is -0.493 e. The van der Waals surface area contributed by atoms with Crippen molar-refractivity contribution in [3.05, 3.63) is 101 Å². The van der Waals surface area contributed by atoms with E-state index >= 15 is 0 Å². The zero-order valence-corrected chi connectivity index (χ0v) is 18.1. The van der Waals surface area contributed by atoms with Gasteiger partial charge in [0.15, 0.2) is 5.78 Å². The standard InChI is InChI=1S/C28H25NO2/c1-4-31-26-12-8-5-9-21(26)17-18-25(30)27-20(3)29-24-11-7-6-10-23(24)28(27)22-15-13-19(2)14-16-22/h5-18H,4H2,1-3H3/b18-17-. The highest BCUT2D eigenvalue weighted by Crippen LogP contribution is 2.34. The summed E-state index contributed by atoms with van der Waals surface area (Å²) in [5.41, 5.74) is 6.24. The van der Waals surface area contributed by atoms with Crippen LogP contribution in [0.25, 0.3) is 28.1 Å². The van der Waals surface area contributed by atoms with Crippen molar-refractivity contribution in [2.45, 2.75) is 20.8 Å². The van der Waals surface area contributed by atoms with E-state index in [-0.39, 0.29) is 5.78 Å². The minimum absolute atomic E-state index is 0.0716. The van der Waals surface area contributed by atoms with Crippen LogP contribution in [0, 0.1) is 13.8 Å². The van der Waals surface area contributed by atoms with E-state index in [1.165, 1.54) is 5.56 Å². The average molecular weight is 408 g/mol. The molecule has 3 nitrogen and oxygen atoms in total. The Balaban J connectivity index is 1.85. The number of allylic oxidation sites excluding steroid dienone is 1. The van der Waals surface area contributed by atoms with E-state index in [0.29, 0.717) is 12.2 Å². The van der Waals surface area contributed by atoms with Gasteiger partial charge in [0.25, 0.3) is 0 Å². The van der Waals surface area contributed by atoms with Crippen LogP contribution in [0.2, 0.25) is 0 Å². The first-order valence-electron chi connectivity index (χ1n) is 10.5. The molecule has 0 saturated heterocycles.